The summed E-state index contributed by atoms with van der Waals surface area (Å²) in [6.07, 6.45) is 1.25. The van der Waals surface area contributed by atoms with Gasteiger partial charge in [-0.3, -0.25) is 4.79 Å². The lowest BCUT2D eigenvalue weighted by atomic mass is 10.2. The highest BCUT2D eigenvalue weighted by Crippen LogP contribution is 2.25. The predicted molar refractivity (Wildman–Crippen MR) is 95.2 cm³/mol. The van der Waals surface area contributed by atoms with Crippen LogP contribution in [0.5, 0.6) is 0 Å². The minimum Gasteiger partial charge on any atom is -0.326 e. The summed E-state index contributed by atoms with van der Waals surface area (Å²) in [5.74, 6) is -0.0388. The van der Waals surface area contributed by atoms with Gasteiger partial charge in [-0.1, -0.05) is 13.8 Å². The van der Waals surface area contributed by atoms with Crippen molar-refractivity contribution in [3.8, 4) is 0 Å². The molecule has 140 valence electrons. The van der Waals surface area contributed by atoms with Gasteiger partial charge in [-0.05, 0) is 29.7 Å². The molecule has 25 heavy (non-hydrogen) atoms. The molecule has 2 rings (SSSR count). The number of rotatable bonds is 8. The quantitative estimate of drug-likeness (QED) is 0.667. The Morgan fingerprint density at radius 2 is 1.92 bits per heavy atom. The summed E-state index contributed by atoms with van der Waals surface area (Å²) in [5, 5.41) is 2.64. The van der Waals surface area contributed by atoms with Crippen LogP contribution < -0.4 is 10.0 Å². The summed E-state index contributed by atoms with van der Waals surface area (Å²) in [5.41, 5.74) is 1.24. The first kappa shape index (κ1) is 19.8. The van der Waals surface area contributed by atoms with E-state index in [2.05, 4.69) is 10.0 Å². The van der Waals surface area contributed by atoms with E-state index in [0.29, 0.717) is 17.8 Å². The minimum absolute atomic E-state index is 0.0314. The fourth-order valence-corrected chi connectivity index (χ4v) is 4.62. The van der Waals surface area contributed by atoms with Crippen LogP contribution in [0.1, 0.15) is 19.4 Å². The number of fused-ring (bicyclic) bond motifs is 1. The number of anilines is 1. The van der Waals surface area contributed by atoms with E-state index in [4.69, 9.17) is 0 Å². The number of benzene rings is 1. The highest BCUT2D eigenvalue weighted by molar-refractivity contribution is 7.89. The highest BCUT2D eigenvalue weighted by atomic mass is 32.2. The molecule has 1 aliphatic rings. The Kier molecular flexibility index (Phi) is 5.87. The molecule has 0 spiro atoms. The number of hydrogen-bond acceptors (Lipinski definition) is 5. The zero-order chi connectivity index (χ0) is 18.8. The van der Waals surface area contributed by atoms with Crippen LogP contribution in [-0.4, -0.2) is 52.9 Å². The Bertz CT molecular complexity index is 863. The summed E-state index contributed by atoms with van der Waals surface area (Å²) >= 11 is 0. The summed E-state index contributed by atoms with van der Waals surface area (Å²) < 4.78 is 52.0. The molecule has 0 saturated heterocycles. The Labute approximate surface area is 148 Å². The Morgan fingerprint density at radius 3 is 2.52 bits per heavy atom. The third kappa shape index (κ3) is 5.24. The van der Waals surface area contributed by atoms with E-state index in [1.807, 2.05) is 13.8 Å². The first-order chi connectivity index (χ1) is 11.5. The maximum Gasteiger partial charge on any atom is 0.240 e. The normalized spacial score (nSPS) is 14.8. The van der Waals surface area contributed by atoms with Crippen LogP contribution in [0.25, 0.3) is 0 Å². The molecular formula is C15H23N3O5S2. The largest absolute Gasteiger partial charge is 0.326 e. The van der Waals surface area contributed by atoms with Crippen molar-refractivity contribution in [2.24, 2.45) is 5.92 Å². The van der Waals surface area contributed by atoms with E-state index in [9.17, 15) is 21.6 Å². The fourth-order valence-electron chi connectivity index (χ4n) is 2.56. The van der Waals surface area contributed by atoms with Crippen LogP contribution in [0, 0.1) is 5.92 Å². The maximum atomic E-state index is 12.4. The van der Waals surface area contributed by atoms with E-state index < -0.39 is 20.0 Å². The molecule has 1 aromatic carbocycles. The second kappa shape index (κ2) is 7.40. The maximum absolute atomic E-state index is 12.4. The lowest BCUT2D eigenvalue weighted by molar-refractivity contribution is -0.115. The molecule has 0 fully saturated rings. The van der Waals surface area contributed by atoms with Gasteiger partial charge < -0.3 is 5.32 Å². The van der Waals surface area contributed by atoms with Crippen molar-refractivity contribution in [2.45, 2.75) is 25.2 Å². The first-order valence-electron chi connectivity index (χ1n) is 7.86. The summed E-state index contributed by atoms with van der Waals surface area (Å²) in [6.45, 7) is 4.13. The van der Waals surface area contributed by atoms with E-state index in [1.165, 1.54) is 16.4 Å². The van der Waals surface area contributed by atoms with E-state index in [-0.39, 0.29) is 36.2 Å². The van der Waals surface area contributed by atoms with Gasteiger partial charge in [-0.2, -0.15) is 0 Å². The van der Waals surface area contributed by atoms with E-state index >= 15 is 0 Å². The van der Waals surface area contributed by atoms with Crippen molar-refractivity contribution < 1.29 is 21.6 Å². The number of amides is 1. The molecule has 0 bridgehead atoms. The number of carbonyl (C=O) groups excluding carboxylic acids is 1. The zero-order valence-electron chi connectivity index (χ0n) is 14.4. The molecular weight excluding hydrogens is 366 g/mol. The average Bonchev–Trinajstić information content (AvgIpc) is 2.83. The van der Waals surface area contributed by atoms with Gasteiger partial charge >= 0.3 is 0 Å². The van der Waals surface area contributed by atoms with Crippen molar-refractivity contribution in [2.75, 3.05) is 31.2 Å². The Hall–Kier alpha value is -1.49. The van der Waals surface area contributed by atoms with Crippen molar-refractivity contribution in [1.82, 2.24) is 9.03 Å². The number of sulfonamides is 2. The van der Waals surface area contributed by atoms with Crippen LogP contribution in [0.3, 0.4) is 0 Å². The molecule has 1 aromatic rings. The van der Waals surface area contributed by atoms with Gasteiger partial charge in [-0.25, -0.2) is 25.9 Å². The van der Waals surface area contributed by atoms with Gasteiger partial charge in [0.2, 0.25) is 26.0 Å². The van der Waals surface area contributed by atoms with Crippen LogP contribution in [0.4, 0.5) is 5.69 Å². The standard InChI is InChI=1S/C15H23N3O5S2/c1-11(2)10-18(24(3,20)21)7-6-16-25(22,23)13-4-5-14-12(8-13)9-15(19)17-14/h4-5,8,11,16H,6-7,9-10H2,1-3H3,(H,17,19). The second-order valence-corrected chi connectivity index (χ2v) is 10.2. The lowest BCUT2D eigenvalue weighted by Crippen LogP contribution is -2.39. The molecule has 0 aromatic heterocycles. The number of nitrogens with zero attached hydrogens (tertiary/aromatic N) is 1. The topological polar surface area (TPSA) is 113 Å². The molecule has 0 unspecified atom stereocenters. The molecule has 0 saturated carbocycles. The van der Waals surface area contributed by atoms with Crippen LogP contribution in [-0.2, 0) is 31.3 Å². The van der Waals surface area contributed by atoms with Crippen molar-refractivity contribution in [3.63, 3.8) is 0 Å². The monoisotopic (exact) mass is 389 g/mol. The lowest BCUT2D eigenvalue weighted by Gasteiger charge is -2.22. The predicted octanol–water partition coefficient (Wildman–Crippen LogP) is 0.377. The molecule has 8 nitrogen and oxygen atoms in total. The molecule has 0 radical (unpaired) electrons. The van der Waals surface area contributed by atoms with Crippen molar-refractivity contribution in [1.29, 1.82) is 0 Å². The van der Waals surface area contributed by atoms with Gasteiger partial charge in [0.15, 0.2) is 0 Å². The van der Waals surface area contributed by atoms with E-state index in [0.717, 1.165) is 6.26 Å². The third-order valence-electron chi connectivity index (χ3n) is 3.70. The fraction of sp³-hybridized carbons (Fsp3) is 0.533. The summed E-state index contributed by atoms with van der Waals surface area (Å²) in [7, 11) is -7.18. The first-order valence-corrected chi connectivity index (χ1v) is 11.2. The molecule has 1 amide bonds. The van der Waals surface area contributed by atoms with Gasteiger partial charge in [0.1, 0.15) is 0 Å². The molecule has 0 atom stereocenters. The summed E-state index contributed by atoms with van der Waals surface area (Å²) in [6, 6.07) is 4.42. The van der Waals surface area contributed by atoms with Gasteiger partial charge in [0.25, 0.3) is 0 Å². The molecule has 1 aliphatic heterocycles. The number of nitrogens with one attached hydrogen (secondary N) is 2. The molecule has 0 aliphatic carbocycles. The van der Waals surface area contributed by atoms with Crippen molar-refractivity contribution in [3.05, 3.63) is 23.8 Å². The Morgan fingerprint density at radius 1 is 1.24 bits per heavy atom. The molecule has 10 heteroatoms. The zero-order valence-corrected chi connectivity index (χ0v) is 16.1. The highest BCUT2D eigenvalue weighted by Gasteiger charge is 2.23. The van der Waals surface area contributed by atoms with Gasteiger partial charge in [0.05, 0.1) is 17.6 Å². The average molecular weight is 389 g/mol. The molecule has 2 N–H and O–H groups in total. The SMILES string of the molecule is CC(C)CN(CCNS(=O)(=O)c1ccc2c(c1)CC(=O)N2)S(C)(=O)=O. The van der Waals surface area contributed by atoms with E-state index in [1.54, 1.807) is 6.07 Å². The van der Waals surface area contributed by atoms with Gasteiger partial charge in [-0.15, -0.1) is 0 Å². The molecule has 1 heterocycles. The number of hydrogen-bond donors (Lipinski definition) is 2. The third-order valence-corrected chi connectivity index (χ3v) is 6.43. The summed E-state index contributed by atoms with van der Waals surface area (Å²) in [4.78, 5) is 11.4. The minimum atomic E-state index is -3.78. The van der Waals surface area contributed by atoms with Crippen molar-refractivity contribution >= 4 is 31.6 Å². The smallest absolute Gasteiger partial charge is 0.240 e. The number of carbonyl (C=O) groups is 1. The van der Waals surface area contributed by atoms with Crippen LogP contribution >= 0.6 is 0 Å². The second-order valence-electron chi connectivity index (χ2n) is 6.46. The van der Waals surface area contributed by atoms with Gasteiger partial charge in [0, 0.05) is 25.3 Å². The van der Waals surface area contributed by atoms with Crippen LogP contribution in [0.15, 0.2) is 23.1 Å². The van der Waals surface area contributed by atoms with Crippen LogP contribution in [0.2, 0.25) is 0 Å². The Balaban J connectivity index is 2.04.